The van der Waals surface area contributed by atoms with Crippen LogP contribution in [-0.2, 0) is 0 Å². The van der Waals surface area contributed by atoms with E-state index in [1.165, 1.54) is 15.8 Å². The molecule has 19 heavy (non-hydrogen) atoms. The monoisotopic (exact) mass is 269 g/mol. The van der Waals surface area contributed by atoms with Gasteiger partial charge in [0.15, 0.2) is 0 Å². The van der Waals surface area contributed by atoms with Crippen molar-refractivity contribution in [3.8, 4) is 0 Å². The van der Waals surface area contributed by atoms with Gasteiger partial charge in [-0.2, -0.15) is 0 Å². The minimum atomic E-state index is 0.151. The van der Waals surface area contributed by atoms with Crippen LogP contribution in [0.3, 0.4) is 0 Å². The molecule has 3 heterocycles. The first-order chi connectivity index (χ1) is 9.38. The van der Waals surface area contributed by atoms with Gasteiger partial charge in [-0.3, -0.25) is 9.97 Å². The summed E-state index contributed by atoms with van der Waals surface area (Å²) in [4.78, 5) is 8.73. The highest BCUT2D eigenvalue weighted by Crippen LogP contribution is 2.26. The Kier molecular flexibility index (Phi) is 3.53. The highest BCUT2D eigenvalue weighted by Gasteiger charge is 2.14. The standard InChI is InChI=1S/C15H15N3S/c1-2-17-15(11-4-3-6-16-9-11)12-8-14-13(18-10-12)5-7-19-14/h3-10,15,17H,2H2,1H3. The van der Waals surface area contributed by atoms with Crippen LogP contribution < -0.4 is 5.32 Å². The Morgan fingerprint density at radius 1 is 1.26 bits per heavy atom. The quantitative estimate of drug-likeness (QED) is 0.789. The number of hydrogen-bond acceptors (Lipinski definition) is 4. The summed E-state index contributed by atoms with van der Waals surface area (Å²) in [7, 11) is 0. The van der Waals surface area contributed by atoms with Gasteiger partial charge in [-0.05, 0) is 41.3 Å². The predicted molar refractivity (Wildman–Crippen MR) is 79.4 cm³/mol. The first kappa shape index (κ1) is 12.3. The van der Waals surface area contributed by atoms with Crippen LogP contribution in [0.15, 0.2) is 48.2 Å². The van der Waals surface area contributed by atoms with Crippen molar-refractivity contribution in [3.63, 3.8) is 0 Å². The molecule has 3 aromatic heterocycles. The van der Waals surface area contributed by atoms with Crippen LogP contribution >= 0.6 is 11.3 Å². The summed E-state index contributed by atoms with van der Waals surface area (Å²) >= 11 is 1.73. The number of hydrogen-bond donors (Lipinski definition) is 1. The Hall–Kier alpha value is -1.78. The highest BCUT2D eigenvalue weighted by molar-refractivity contribution is 7.17. The Morgan fingerprint density at radius 2 is 2.21 bits per heavy atom. The molecule has 1 unspecified atom stereocenters. The largest absolute Gasteiger partial charge is 0.306 e. The van der Waals surface area contributed by atoms with E-state index in [0.717, 1.165) is 12.1 Å². The molecule has 3 aromatic rings. The van der Waals surface area contributed by atoms with Crippen molar-refractivity contribution >= 4 is 21.6 Å². The van der Waals surface area contributed by atoms with E-state index in [4.69, 9.17) is 0 Å². The number of nitrogens with zero attached hydrogens (tertiary/aromatic N) is 2. The third kappa shape index (κ3) is 2.50. The average Bonchev–Trinajstić information content (AvgIpc) is 2.93. The van der Waals surface area contributed by atoms with E-state index in [0.29, 0.717) is 0 Å². The van der Waals surface area contributed by atoms with E-state index in [1.807, 2.05) is 18.5 Å². The molecule has 1 N–H and O–H groups in total. The van der Waals surface area contributed by atoms with Crippen LogP contribution in [0, 0.1) is 0 Å². The lowest BCUT2D eigenvalue weighted by atomic mass is 10.0. The van der Waals surface area contributed by atoms with Gasteiger partial charge in [0.05, 0.1) is 16.3 Å². The molecule has 0 aliphatic heterocycles. The molecule has 0 aliphatic rings. The van der Waals surface area contributed by atoms with Gasteiger partial charge in [0.25, 0.3) is 0 Å². The van der Waals surface area contributed by atoms with Crippen LogP contribution in [0.2, 0.25) is 0 Å². The summed E-state index contributed by atoms with van der Waals surface area (Å²) in [6.07, 6.45) is 5.66. The van der Waals surface area contributed by atoms with E-state index in [1.54, 1.807) is 17.5 Å². The summed E-state index contributed by atoms with van der Waals surface area (Å²) in [6, 6.07) is 8.48. The van der Waals surface area contributed by atoms with Crippen molar-refractivity contribution in [1.82, 2.24) is 15.3 Å². The van der Waals surface area contributed by atoms with Crippen molar-refractivity contribution < 1.29 is 0 Å². The van der Waals surface area contributed by atoms with Gasteiger partial charge >= 0.3 is 0 Å². The number of aromatic nitrogens is 2. The van der Waals surface area contributed by atoms with Crippen LogP contribution in [0.4, 0.5) is 0 Å². The van der Waals surface area contributed by atoms with Crippen LogP contribution in [0.25, 0.3) is 10.2 Å². The van der Waals surface area contributed by atoms with Crippen molar-refractivity contribution in [2.24, 2.45) is 0 Å². The SMILES string of the molecule is CCNC(c1cccnc1)c1cnc2ccsc2c1. The Balaban J connectivity index is 2.03. The van der Waals surface area contributed by atoms with Gasteiger partial charge in [0, 0.05) is 18.6 Å². The number of thiophene rings is 1. The smallest absolute Gasteiger partial charge is 0.0809 e. The highest BCUT2D eigenvalue weighted by atomic mass is 32.1. The van der Waals surface area contributed by atoms with E-state index in [9.17, 15) is 0 Å². The van der Waals surface area contributed by atoms with Gasteiger partial charge in [0.2, 0.25) is 0 Å². The summed E-state index contributed by atoms with van der Waals surface area (Å²) in [5, 5.41) is 5.57. The van der Waals surface area contributed by atoms with Crippen LogP contribution in [-0.4, -0.2) is 16.5 Å². The van der Waals surface area contributed by atoms with Gasteiger partial charge < -0.3 is 5.32 Å². The van der Waals surface area contributed by atoms with Gasteiger partial charge in [0.1, 0.15) is 0 Å². The summed E-state index contributed by atoms with van der Waals surface area (Å²) in [5.74, 6) is 0. The Morgan fingerprint density at radius 3 is 3.00 bits per heavy atom. The zero-order valence-corrected chi connectivity index (χ0v) is 11.5. The maximum absolute atomic E-state index is 4.52. The second kappa shape index (κ2) is 5.47. The molecule has 96 valence electrons. The van der Waals surface area contributed by atoms with Gasteiger partial charge in [-0.1, -0.05) is 13.0 Å². The normalized spacial score (nSPS) is 12.7. The van der Waals surface area contributed by atoms with Gasteiger partial charge in [-0.15, -0.1) is 11.3 Å². The molecule has 0 bridgehead atoms. The molecule has 0 aromatic carbocycles. The molecular weight excluding hydrogens is 254 g/mol. The predicted octanol–water partition coefficient (Wildman–Crippen LogP) is 3.39. The first-order valence-corrected chi connectivity index (χ1v) is 7.23. The van der Waals surface area contributed by atoms with Crippen molar-refractivity contribution in [2.75, 3.05) is 6.54 Å². The maximum Gasteiger partial charge on any atom is 0.0809 e. The minimum absolute atomic E-state index is 0.151. The average molecular weight is 269 g/mol. The van der Waals surface area contributed by atoms with E-state index in [-0.39, 0.29) is 6.04 Å². The molecule has 3 rings (SSSR count). The van der Waals surface area contributed by atoms with Gasteiger partial charge in [-0.25, -0.2) is 0 Å². The molecule has 0 aliphatic carbocycles. The maximum atomic E-state index is 4.52. The fourth-order valence-corrected chi connectivity index (χ4v) is 2.99. The van der Waals surface area contributed by atoms with E-state index < -0.39 is 0 Å². The second-order valence-electron chi connectivity index (χ2n) is 4.35. The topological polar surface area (TPSA) is 37.8 Å². The molecule has 1 atom stereocenters. The third-order valence-electron chi connectivity index (χ3n) is 3.08. The molecule has 3 nitrogen and oxygen atoms in total. The molecule has 0 amide bonds. The lowest BCUT2D eigenvalue weighted by Gasteiger charge is -2.18. The summed E-state index contributed by atoms with van der Waals surface area (Å²) < 4.78 is 1.23. The number of fused-ring (bicyclic) bond motifs is 1. The molecule has 0 saturated heterocycles. The Labute approximate surface area is 116 Å². The van der Waals surface area contributed by atoms with Crippen LogP contribution in [0.5, 0.6) is 0 Å². The summed E-state index contributed by atoms with van der Waals surface area (Å²) in [5.41, 5.74) is 3.42. The molecule has 0 saturated carbocycles. The first-order valence-electron chi connectivity index (χ1n) is 6.35. The lowest BCUT2D eigenvalue weighted by molar-refractivity contribution is 0.627. The molecule has 4 heteroatoms. The fourth-order valence-electron chi connectivity index (χ4n) is 2.20. The number of nitrogens with one attached hydrogen (secondary N) is 1. The Bertz CT molecular complexity index is 663. The van der Waals surface area contributed by atoms with E-state index >= 15 is 0 Å². The third-order valence-corrected chi connectivity index (χ3v) is 3.94. The number of rotatable bonds is 4. The fraction of sp³-hybridized carbons (Fsp3) is 0.200. The van der Waals surface area contributed by atoms with Crippen molar-refractivity contribution in [3.05, 3.63) is 59.4 Å². The molecule has 0 radical (unpaired) electrons. The van der Waals surface area contributed by atoms with E-state index in [2.05, 4.69) is 45.8 Å². The molecule has 0 fully saturated rings. The van der Waals surface area contributed by atoms with Crippen LogP contribution in [0.1, 0.15) is 24.1 Å². The van der Waals surface area contributed by atoms with Crippen molar-refractivity contribution in [2.45, 2.75) is 13.0 Å². The number of pyridine rings is 2. The van der Waals surface area contributed by atoms with Crippen molar-refractivity contribution in [1.29, 1.82) is 0 Å². The second-order valence-corrected chi connectivity index (χ2v) is 5.30. The zero-order valence-electron chi connectivity index (χ0n) is 10.7. The zero-order chi connectivity index (χ0) is 13.1. The minimum Gasteiger partial charge on any atom is -0.306 e. The molecular formula is C15H15N3S. The molecule has 0 spiro atoms. The lowest BCUT2D eigenvalue weighted by Crippen LogP contribution is -2.22. The summed E-state index contributed by atoms with van der Waals surface area (Å²) in [6.45, 7) is 3.02.